The van der Waals surface area contributed by atoms with Crippen LogP contribution in [0, 0.1) is 11.3 Å². The average molecular weight is 429 g/mol. The van der Waals surface area contributed by atoms with Crippen LogP contribution in [0.1, 0.15) is 21.5 Å². The van der Waals surface area contributed by atoms with Crippen molar-refractivity contribution in [3.63, 3.8) is 0 Å². The standard InChI is InChI=1S/C24H17ClN4O2/c25-20-14-27-29(15-20)22-8-6-21(7-9-22)28-24(30)19-4-10-23(11-5-19)31-16-18-3-1-2-17(12-18)13-26/h1-12,14-15H,16H2,(H,28,30). The van der Waals surface area contributed by atoms with Gasteiger partial charge >= 0.3 is 0 Å². The molecule has 0 aliphatic rings. The highest BCUT2D eigenvalue weighted by molar-refractivity contribution is 6.30. The molecule has 0 atom stereocenters. The molecule has 1 aromatic heterocycles. The maximum Gasteiger partial charge on any atom is 0.255 e. The number of amides is 1. The van der Waals surface area contributed by atoms with Gasteiger partial charge in [-0.15, -0.1) is 0 Å². The number of carbonyl (C=O) groups excluding carboxylic acids is 1. The van der Waals surface area contributed by atoms with E-state index in [-0.39, 0.29) is 5.91 Å². The van der Waals surface area contributed by atoms with Crippen LogP contribution in [0.3, 0.4) is 0 Å². The van der Waals surface area contributed by atoms with E-state index in [9.17, 15) is 4.79 Å². The van der Waals surface area contributed by atoms with Gasteiger partial charge in [-0.2, -0.15) is 10.4 Å². The Labute approximate surface area is 184 Å². The molecule has 0 saturated heterocycles. The predicted molar refractivity (Wildman–Crippen MR) is 118 cm³/mol. The third kappa shape index (κ3) is 5.10. The number of anilines is 1. The number of benzene rings is 3. The molecule has 0 saturated carbocycles. The van der Waals surface area contributed by atoms with Gasteiger partial charge in [-0.1, -0.05) is 23.7 Å². The fourth-order valence-electron chi connectivity index (χ4n) is 2.94. The molecule has 31 heavy (non-hydrogen) atoms. The van der Waals surface area contributed by atoms with Crippen molar-refractivity contribution in [2.75, 3.05) is 5.32 Å². The second kappa shape index (κ2) is 9.16. The summed E-state index contributed by atoms with van der Waals surface area (Å²) in [6.45, 7) is 0.342. The molecule has 7 heteroatoms. The fraction of sp³-hybridized carbons (Fsp3) is 0.0417. The van der Waals surface area contributed by atoms with Crippen molar-refractivity contribution in [1.82, 2.24) is 9.78 Å². The topological polar surface area (TPSA) is 79.9 Å². The molecule has 1 heterocycles. The van der Waals surface area contributed by atoms with Gasteiger partial charge in [-0.3, -0.25) is 4.79 Å². The Kier molecular flexibility index (Phi) is 5.97. The molecule has 0 unspecified atom stereocenters. The first-order valence-corrected chi connectivity index (χ1v) is 9.82. The molecule has 3 aromatic carbocycles. The number of aromatic nitrogens is 2. The van der Waals surface area contributed by atoms with Gasteiger partial charge in [0.15, 0.2) is 0 Å². The summed E-state index contributed by atoms with van der Waals surface area (Å²) in [6.07, 6.45) is 3.27. The molecule has 1 N–H and O–H groups in total. The van der Waals surface area contributed by atoms with E-state index in [2.05, 4.69) is 16.5 Å². The SMILES string of the molecule is N#Cc1cccc(COc2ccc(C(=O)Nc3ccc(-n4cc(Cl)cn4)cc3)cc2)c1. The number of rotatable bonds is 6. The van der Waals surface area contributed by atoms with Gasteiger partial charge in [0.25, 0.3) is 5.91 Å². The van der Waals surface area contributed by atoms with Crippen LogP contribution in [0.2, 0.25) is 5.02 Å². The third-order valence-corrected chi connectivity index (χ3v) is 4.71. The van der Waals surface area contributed by atoms with Crippen molar-refractivity contribution in [2.24, 2.45) is 0 Å². The van der Waals surface area contributed by atoms with Gasteiger partial charge in [-0.25, -0.2) is 4.68 Å². The summed E-state index contributed by atoms with van der Waals surface area (Å²) in [6, 6.07) is 23.5. The number of halogens is 1. The summed E-state index contributed by atoms with van der Waals surface area (Å²) in [5, 5.41) is 16.5. The van der Waals surface area contributed by atoms with E-state index in [0.29, 0.717) is 34.2 Å². The van der Waals surface area contributed by atoms with Crippen molar-refractivity contribution in [3.8, 4) is 17.5 Å². The van der Waals surface area contributed by atoms with E-state index in [4.69, 9.17) is 21.6 Å². The summed E-state index contributed by atoms with van der Waals surface area (Å²) in [4.78, 5) is 12.5. The molecule has 0 spiro atoms. The molecule has 152 valence electrons. The van der Waals surface area contributed by atoms with Crippen LogP contribution in [0.15, 0.2) is 85.2 Å². The molecule has 0 aliphatic heterocycles. The smallest absolute Gasteiger partial charge is 0.255 e. The minimum atomic E-state index is -0.219. The van der Waals surface area contributed by atoms with Crippen molar-refractivity contribution in [1.29, 1.82) is 5.26 Å². The molecular weight excluding hydrogens is 412 g/mol. The fourth-order valence-corrected chi connectivity index (χ4v) is 3.08. The Morgan fingerprint density at radius 2 is 1.87 bits per heavy atom. The molecule has 0 fully saturated rings. The number of nitrogens with one attached hydrogen (secondary N) is 1. The van der Waals surface area contributed by atoms with Gasteiger partial charge in [0.2, 0.25) is 0 Å². The highest BCUT2D eigenvalue weighted by atomic mass is 35.5. The zero-order valence-electron chi connectivity index (χ0n) is 16.3. The van der Waals surface area contributed by atoms with Gasteiger partial charge in [0.05, 0.1) is 28.5 Å². The van der Waals surface area contributed by atoms with Crippen LogP contribution in [0.4, 0.5) is 5.69 Å². The summed E-state index contributed by atoms with van der Waals surface area (Å²) < 4.78 is 7.40. The predicted octanol–water partition coefficient (Wildman–Crippen LogP) is 5.23. The number of hydrogen-bond acceptors (Lipinski definition) is 4. The third-order valence-electron chi connectivity index (χ3n) is 4.52. The molecule has 0 bridgehead atoms. The lowest BCUT2D eigenvalue weighted by atomic mass is 10.1. The molecule has 0 radical (unpaired) electrons. The Bertz CT molecular complexity index is 1240. The van der Waals surface area contributed by atoms with Crippen LogP contribution in [0.5, 0.6) is 5.75 Å². The first kappa shape index (κ1) is 20.2. The van der Waals surface area contributed by atoms with Crippen molar-refractivity contribution in [3.05, 3.63) is 107 Å². The minimum Gasteiger partial charge on any atom is -0.489 e. The molecule has 1 amide bonds. The molecular formula is C24H17ClN4O2. The number of carbonyl (C=O) groups is 1. The Morgan fingerprint density at radius 3 is 2.55 bits per heavy atom. The van der Waals surface area contributed by atoms with E-state index in [0.717, 1.165) is 11.3 Å². The quantitative estimate of drug-likeness (QED) is 0.456. The Hall–Kier alpha value is -4.08. The van der Waals surface area contributed by atoms with E-state index in [1.807, 2.05) is 24.3 Å². The second-order valence-corrected chi connectivity index (χ2v) is 7.17. The largest absolute Gasteiger partial charge is 0.489 e. The summed E-state index contributed by atoms with van der Waals surface area (Å²) >= 11 is 5.89. The Balaban J connectivity index is 1.35. The molecule has 4 rings (SSSR count). The summed E-state index contributed by atoms with van der Waals surface area (Å²) in [5.74, 6) is 0.421. The maximum absolute atomic E-state index is 12.5. The number of hydrogen-bond donors (Lipinski definition) is 1. The average Bonchev–Trinajstić information content (AvgIpc) is 3.25. The molecule has 0 aliphatic carbocycles. The van der Waals surface area contributed by atoms with Crippen molar-refractivity contribution >= 4 is 23.2 Å². The van der Waals surface area contributed by atoms with Gasteiger partial charge in [0, 0.05) is 17.4 Å². The number of nitriles is 1. The molecule has 6 nitrogen and oxygen atoms in total. The lowest BCUT2D eigenvalue weighted by Gasteiger charge is -2.09. The number of nitrogens with zero attached hydrogens (tertiary/aromatic N) is 3. The van der Waals surface area contributed by atoms with Crippen LogP contribution < -0.4 is 10.1 Å². The van der Waals surface area contributed by atoms with Crippen molar-refractivity contribution in [2.45, 2.75) is 6.61 Å². The maximum atomic E-state index is 12.5. The van der Waals surface area contributed by atoms with Gasteiger partial charge in [-0.05, 0) is 66.2 Å². The lowest BCUT2D eigenvalue weighted by Crippen LogP contribution is -2.11. The summed E-state index contributed by atoms with van der Waals surface area (Å²) in [5.41, 5.74) is 3.52. The first-order valence-electron chi connectivity index (χ1n) is 9.44. The van der Waals surface area contributed by atoms with Crippen LogP contribution in [-0.2, 0) is 6.61 Å². The van der Waals surface area contributed by atoms with E-state index >= 15 is 0 Å². The lowest BCUT2D eigenvalue weighted by molar-refractivity contribution is 0.102. The Morgan fingerprint density at radius 1 is 1.10 bits per heavy atom. The normalized spacial score (nSPS) is 10.3. The monoisotopic (exact) mass is 428 g/mol. The van der Waals surface area contributed by atoms with E-state index in [1.165, 1.54) is 0 Å². The number of ether oxygens (including phenoxy) is 1. The van der Waals surface area contributed by atoms with E-state index < -0.39 is 0 Å². The first-order chi connectivity index (χ1) is 15.1. The zero-order valence-corrected chi connectivity index (χ0v) is 17.1. The summed E-state index contributed by atoms with van der Waals surface area (Å²) in [7, 11) is 0. The second-order valence-electron chi connectivity index (χ2n) is 6.73. The molecule has 4 aromatic rings. The van der Waals surface area contributed by atoms with E-state index in [1.54, 1.807) is 65.6 Å². The minimum absolute atomic E-state index is 0.219. The van der Waals surface area contributed by atoms with Crippen LogP contribution in [-0.4, -0.2) is 15.7 Å². The van der Waals surface area contributed by atoms with Gasteiger partial charge < -0.3 is 10.1 Å². The highest BCUT2D eigenvalue weighted by Gasteiger charge is 2.07. The van der Waals surface area contributed by atoms with Crippen LogP contribution in [0.25, 0.3) is 5.69 Å². The zero-order chi connectivity index (χ0) is 21.6. The van der Waals surface area contributed by atoms with Crippen molar-refractivity contribution < 1.29 is 9.53 Å². The van der Waals surface area contributed by atoms with Crippen LogP contribution >= 0.6 is 11.6 Å². The highest BCUT2D eigenvalue weighted by Crippen LogP contribution is 2.18. The van der Waals surface area contributed by atoms with Gasteiger partial charge in [0.1, 0.15) is 12.4 Å².